The zero-order valence-corrected chi connectivity index (χ0v) is 23.1. The van der Waals surface area contributed by atoms with Crippen LogP contribution < -0.4 is 20.1 Å². The second-order valence-corrected chi connectivity index (χ2v) is 10.4. The molecule has 0 aliphatic heterocycles. The molecule has 2 N–H and O–H groups in total. The maximum Gasteiger partial charge on any atom is 0.231 e. The summed E-state index contributed by atoms with van der Waals surface area (Å²) in [5.74, 6) is 1.59. The number of carbonyl (C=O) groups is 1. The van der Waals surface area contributed by atoms with Crippen molar-refractivity contribution in [3.63, 3.8) is 0 Å². The number of thiocarbonyl (C=S) groups is 1. The number of ether oxygens (including phenoxy) is 2. The molecule has 0 fully saturated rings. The van der Waals surface area contributed by atoms with Gasteiger partial charge in [0.15, 0.2) is 5.11 Å². The highest BCUT2D eigenvalue weighted by atomic mass is 32.1. The normalized spacial score (nSPS) is 11.0. The predicted molar refractivity (Wildman–Crippen MR) is 155 cm³/mol. The SMILES string of the molecule is Cc1ccc(C)c(OCCCC(C)(C)C(=O)NC(=S)Nc2ccc(OCCCc3ccccc3)cc2)c1. The number of benzene rings is 3. The fourth-order valence-corrected chi connectivity index (χ4v) is 4.06. The molecule has 0 unspecified atom stereocenters. The van der Waals surface area contributed by atoms with Gasteiger partial charge in [0, 0.05) is 11.1 Å². The third-order valence-electron chi connectivity index (χ3n) is 6.22. The zero-order chi connectivity index (χ0) is 26.7. The van der Waals surface area contributed by atoms with E-state index >= 15 is 0 Å². The van der Waals surface area contributed by atoms with Crippen molar-refractivity contribution < 1.29 is 14.3 Å². The largest absolute Gasteiger partial charge is 0.494 e. The van der Waals surface area contributed by atoms with E-state index in [2.05, 4.69) is 47.0 Å². The Hall–Kier alpha value is -3.38. The van der Waals surface area contributed by atoms with Crippen molar-refractivity contribution in [2.75, 3.05) is 18.5 Å². The van der Waals surface area contributed by atoms with E-state index in [0.717, 1.165) is 42.0 Å². The number of hydrogen-bond donors (Lipinski definition) is 2. The summed E-state index contributed by atoms with van der Waals surface area (Å²) in [7, 11) is 0. The summed E-state index contributed by atoms with van der Waals surface area (Å²) in [6.07, 6.45) is 3.39. The Bertz CT molecular complexity index is 1160. The van der Waals surface area contributed by atoms with E-state index in [1.54, 1.807) is 0 Å². The number of carbonyl (C=O) groups excluding carboxylic acids is 1. The second-order valence-electron chi connectivity index (χ2n) is 9.98. The fraction of sp³-hybridized carbons (Fsp3) is 0.355. The fourth-order valence-electron chi connectivity index (χ4n) is 3.85. The number of nitrogens with one attached hydrogen (secondary N) is 2. The lowest BCUT2D eigenvalue weighted by Gasteiger charge is -2.24. The van der Waals surface area contributed by atoms with Crippen LogP contribution in [0.3, 0.4) is 0 Å². The van der Waals surface area contributed by atoms with E-state index in [9.17, 15) is 4.79 Å². The molecule has 0 spiro atoms. The monoisotopic (exact) mass is 518 g/mol. The Morgan fingerprint density at radius 3 is 2.32 bits per heavy atom. The molecule has 0 saturated heterocycles. The number of anilines is 1. The minimum absolute atomic E-state index is 0.116. The molecule has 0 aromatic heterocycles. The summed E-state index contributed by atoms with van der Waals surface area (Å²) >= 11 is 5.37. The molecule has 0 aliphatic rings. The Morgan fingerprint density at radius 1 is 0.892 bits per heavy atom. The number of amides is 1. The Balaban J connectivity index is 1.36. The van der Waals surface area contributed by atoms with Crippen LogP contribution in [0.5, 0.6) is 11.5 Å². The molecule has 0 bridgehead atoms. The van der Waals surface area contributed by atoms with Crippen molar-refractivity contribution in [3.8, 4) is 11.5 Å². The molecule has 0 radical (unpaired) electrons. The van der Waals surface area contributed by atoms with Crippen molar-refractivity contribution in [2.45, 2.75) is 53.4 Å². The molecule has 37 heavy (non-hydrogen) atoms. The van der Waals surface area contributed by atoms with E-state index in [1.807, 2.05) is 64.1 Å². The first-order chi connectivity index (χ1) is 17.7. The summed E-state index contributed by atoms with van der Waals surface area (Å²) in [5, 5.41) is 6.18. The highest BCUT2D eigenvalue weighted by Crippen LogP contribution is 2.24. The third kappa shape index (κ3) is 9.54. The van der Waals surface area contributed by atoms with Crippen molar-refractivity contribution >= 4 is 28.9 Å². The van der Waals surface area contributed by atoms with Gasteiger partial charge in [-0.2, -0.15) is 0 Å². The molecular formula is C31H38N2O3S. The molecule has 0 heterocycles. The van der Waals surface area contributed by atoms with Crippen LogP contribution in [0.1, 0.15) is 49.8 Å². The van der Waals surface area contributed by atoms with Crippen LogP contribution >= 0.6 is 12.2 Å². The molecule has 0 saturated carbocycles. The van der Waals surface area contributed by atoms with Crippen LogP contribution in [0.2, 0.25) is 0 Å². The highest BCUT2D eigenvalue weighted by molar-refractivity contribution is 7.80. The molecule has 1 amide bonds. The van der Waals surface area contributed by atoms with Crippen LogP contribution in [0.15, 0.2) is 72.8 Å². The highest BCUT2D eigenvalue weighted by Gasteiger charge is 2.27. The third-order valence-corrected chi connectivity index (χ3v) is 6.43. The Morgan fingerprint density at radius 2 is 1.59 bits per heavy atom. The average Bonchev–Trinajstić information content (AvgIpc) is 2.88. The molecule has 0 aliphatic carbocycles. The van der Waals surface area contributed by atoms with E-state index in [-0.39, 0.29) is 11.0 Å². The number of rotatable bonds is 12. The summed E-state index contributed by atoms with van der Waals surface area (Å²) in [4.78, 5) is 12.8. The van der Waals surface area contributed by atoms with Crippen LogP contribution in [0.25, 0.3) is 0 Å². The van der Waals surface area contributed by atoms with E-state index in [1.165, 1.54) is 11.1 Å². The smallest absolute Gasteiger partial charge is 0.231 e. The van der Waals surface area contributed by atoms with E-state index in [0.29, 0.717) is 19.6 Å². The Kier molecular flexibility index (Phi) is 10.5. The summed E-state index contributed by atoms with van der Waals surface area (Å²) in [6.45, 7) is 9.14. The zero-order valence-electron chi connectivity index (χ0n) is 22.3. The molecule has 6 heteroatoms. The lowest BCUT2D eigenvalue weighted by molar-refractivity contribution is -0.128. The van der Waals surface area contributed by atoms with Crippen LogP contribution in [-0.2, 0) is 11.2 Å². The summed E-state index contributed by atoms with van der Waals surface area (Å²) in [5.41, 5.74) is 3.81. The van der Waals surface area contributed by atoms with Crippen molar-refractivity contribution in [2.24, 2.45) is 5.41 Å². The lowest BCUT2D eigenvalue weighted by atomic mass is 9.87. The van der Waals surface area contributed by atoms with Crippen LogP contribution in [-0.4, -0.2) is 24.2 Å². The van der Waals surface area contributed by atoms with Crippen molar-refractivity contribution in [1.29, 1.82) is 0 Å². The van der Waals surface area contributed by atoms with Gasteiger partial charge in [-0.15, -0.1) is 0 Å². The van der Waals surface area contributed by atoms with Gasteiger partial charge in [-0.25, -0.2) is 0 Å². The first-order valence-electron chi connectivity index (χ1n) is 12.8. The average molecular weight is 519 g/mol. The molecule has 5 nitrogen and oxygen atoms in total. The molecule has 3 aromatic rings. The minimum atomic E-state index is -0.575. The van der Waals surface area contributed by atoms with Gasteiger partial charge in [-0.1, -0.05) is 56.3 Å². The topological polar surface area (TPSA) is 59.6 Å². The van der Waals surface area contributed by atoms with Gasteiger partial charge in [0.1, 0.15) is 11.5 Å². The molecule has 3 rings (SSSR count). The van der Waals surface area contributed by atoms with Crippen LogP contribution in [0.4, 0.5) is 5.69 Å². The van der Waals surface area contributed by atoms with Gasteiger partial charge in [-0.05, 0) is 98.8 Å². The molecule has 196 valence electrons. The van der Waals surface area contributed by atoms with Gasteiger partial charge in [0.2, 0.25) is 5.91 Å². The summed E-state index contributed by atoms with van der Waals surface area (Å²) in [6, 6.07) is 24.1. The maximum absolute atomic E-state index is 12.8. The van der Waals surface area contributed by atoms with Gasteiger partial charge in [0.05, 0.1) is 13.2 Å². The summed E-state index contributed by atoms with van der Waals surface area (Å²) < 4.78 is 11.8. The Labute approximate surface area is 226 Å². The standard InChI is InChI=1S/C31H38N2O3S/c1-23-13-14-24(2)28(22-23)36-21-9-19-31(3,4)29(34)33-30(37)32-26-15-17-27(18-16-26)35-20-8-12-25-10-6-5-7-11-25/h5-7,10-11,13-18,22H,8-9,12,19-21H2,1-4H3,(H2,32,33,34,37). The first-order valence-corrected chi connectivity index (χ1v) is 13.2. The second kappa shape index (κ2) is 13.8. The van der Waals surface area contributed by atoms with Crippen molar-refractivity contribution in [3.05, 3.63) is 89.5 Å². The van der Waals surface area contributed by atoms with Crippen LogP contribution in [0, 0.1) is 19.3 Å². The predicted octanol–water partition coefficient (Wildman–Crippen LogP) is 7.01. The quantitative estimate of drug-likeness (QED) is 0.199. The van der Waals surface area contributed by atoms with E-state index in [4.69, 9.17) is 21.7 Å². The minimum Gasteiger partial charge on any atom is -0.494 e. The maximum atomic E-state index is 12.8. The van der Waals surface area contributed by atoms with Crippen molar-refractivity contribution in [1.82, 2.24) is 5.32 Å². The lowest BCUT2D eigenvalue weighted by Crippen LogP contribution is -2.42. The van der Waals surface area contributed by atoms with Gasteiger partial charge < -0.3 is 20.1 Å². The molecule has 3 aromatic carbocycles. The first kappa shape index (κ1) is 28.2. The van der Waals surface area contributed by atoms with Gasteiger partial charge >= 0.3 is 0 Å². The number of hydrogen-bond acceptors (Lipinski definition) is 4. The van der Waals surface area contributed by atoms with E-state index < -0.39 is 5.41 Å². The van der Waals surface area contributed by atoms with Gasteiger partial charge in [-0.3, -0.25) is 4.79 Å². The molecular weight excluding hydrogens is 480 g/mol. The van der Waals surface area contributed by atoms with Gasteiger partial charge in [0.25, 0.3) is 0 Å². The molecule has 0 atom stereocenters. The number of aryl methyl sites for hydroxylation is 3.